The van der Waals surface area contributed by atoms with Gasteiger partial charge in [-0.25, -0.2) is 17.9 Å². The SMILES string of the molecule is CCn1nc(O[C@@H]2C[C@H]3C(=O)N[C@]4(C(=O)NS(=O)(=O)C5CC5)C[C@H]4/C=C\CC[C@H](C)C[C@@H](C)[C@H](NC(=O)OC(C)(C)C(F)(F)F)C(=O)N3C2)c2ccccc2c1=O.[HH].[HH].[HH]. The van der Waals surface area contributed by atoms with E-state index in [1.807, 2.05) is 13.0 Å². The summed E-state index contributed by atoms with van der Waals surface area (Å²) in [5.41, 5.74) is -4.90. The molecular weight excluding hydrogens is 774 g/mol. The fourth-order valence-electron chi connectivity index (χ4n) is 7.61. The van der Waals surface area contributed by atoms with Crippen LogP contribution in [0.25, 0.3) is 10.8 Å². The molecule has 0 unspecified atom stereocenters. The summed E-state index contributed by atoms with van der Waals surface area (Å²) in [6, 6.07) is 3.80. The van der Waals surface area contributed by atoms with E-state index >= 15 is 0 Å². The van der Waals surface area contributed by atoms with Crippen molar-refractivity contribution in [2.24, 2.45) is 17.8 Å². The van der Waals surface area contributed by atoms with Crippen molar-refractivity contribution in [3.05, 3.63) is 46.8 Å². The van der Waals surface area contributed by atoms with Crippen LogP contribution in [0.3, 0.4) is 0 Å². The van der Waals surface area contributed by atoms with Gasteiger partial charge in [-0.05, 0) is 83.3 Å². The number of allylic oxidation sites excluding steroid dienone is 1. The maximum Gasteiger partial charge on any atom is 0.427 e. The van der Waals surface area contributed by atoms with Crippen molar-refractivity contribution >= 4 is 44.6 Å². The molecule has 2 aromatic rings. The fraction of sp³-hybridized carbons (Fsp3) is 0.632. The summed E-state index contributed by atoms with van der Waals surface area (Å²) in [7, 11) is -3.99. The van der Waals surface area contributed by atoms with Gasteiger partial charge < -0.3 is 25.0 Å². The predicted octanol–water partition coefficient (Wildman–Crippen LogP) is 4.43. The van der Waals surface area contributed by atoms with Crippen LogP contribution in [0.5, 0.6) is 5.88 Å². The van der Waals surface area contributed by atoms with E-state index in [4.69, 9.17) is 9.47 Å². The number of aromatic nitrogens is 2. The second kappa shape index (κ2) is 15.6. The first-order valence-electron chi connectivity index (χ1n) is 19.3. The number of hydrogen-bond acceptors (Lipinski definition) is 10. The van der Waals surface area contributed by atoms with Gasteiger partial charge in [0.1, 0.15) is 23.7 Å². The first-order chi connectivity index (χ1) is 26.7. The summed E-state index contributed by atoms with van der Waals surface area (Å²) in [5, 5.41) is 9.50. The third-order valence-corrected chi connectivity index (χ3v) is 13.2. The number of rotatable bonds is 8. The number of carbonyl (C=O) groups is 4. The van der Waals surface area contributed by atoms with Gasteiger partial charge in [0.25, 0.3) is 11.5 Å². The number of halogens is 3. The van der Waals surface area contributed by atoms with Gasteiger partial charge >= 0.3 is 12.3 Å². The molecule has 0 radical (unpaired) electrons. The highest BCUT2D eigenvalue weighted by molar-refractivity contribution is 7.91. The average molecular weight is 829 g/mol. The molecule has 3 N–H and O–H groups in total. The smallest absolute Gasteiger partial charge is 0.427 e. The number of hydrogen-bond donors (Lipinski definition) is 3. The number of benzene rings is 1. The Morgan fingerprint density at radius 2 is 1.75 bits per heavy atom. The van der Waals surface area contributed by atoms with Crippen molar-refractivity contribution in [1.82, 2.24) is 30.0 Å². The van der Waals surface area contributed by atoms with Crippen molar-refractivity contribution in [2.45, 2.75) is 127 Å². The zero-order chi connectivity index (χ0) is 41.7. The third kappa shape index (κ3) is 8.77. The molecule has 0 spiro atoms. The van der Waals surface area contributed by atoms with Crippen LogP contribution in [-0.4, -0.2) is 94.2 Å². The Labute approximate surface area is 332 Å². The largest absolute Gasteiger partial charge is 0.471 e. The number of ether oxygens (including phenoxy) is 2. The number of amides is 4. The highest BCUT2D eigenvalue weighted by Crippen LogP contribution is 2.46. The zero-order valence-electron chi connectivity index (χ0n) is 32.4. The number of sulfonamides is 1. The molecule has 1 aromatic carbocycles. The number of nitrogens with one attached hydrogen (secondary N) is 3. The molecule has 0 bridgehead atoms. The minimum atomic E-state index is -4.92. The molecule has 3 fully saturated rings. The maximum absolute atomic E-state index is 14.7. The lowest BCUT2D eigenvalue weighted by molar-refractivity contribution is -0.244. The lowest BCUT2D eigenvalue weighted by atomic mass is 9.88. The van der Waals surface area contributed by atoms with E-state index in [0.29, 0.717) is 56.7 Å². The normalized spacial score (nSPS) is 29.2. The van der Waals surface area contributed by atoms with E-state index in [1.165, 1.54) is 4.68 Å². The topological polar surface area (TPSA) is 195 Å². The summed E-state index contributed by atoms with van der Waals surface area (Å²) in [4.78, 5) is 70.2. The molecule has 1 saturated heterocycles. The Morgan fingerprint density at radius 3 is 2.40 bits per heavy atom. The number of fused-ring (bicyclic) bond motifs is 3. The molecule has 2 saturated carbocycles. The van der Waals surface area contributed by atoms with Crippen molar-refractivity contribution < 1.29 is 54.5 Å². The number of alkyl carbamates (subject to hydrolysis) is 1. The standard InChI is InChI=1S/C38H49F3N6O9S.3H2/c1-6-47-32(49)27-14-10-9-13-26(27)31(44-47)55-24-18-28-30(48)43-37(34(51)45-57(53,54)25-15-16-25)19-23(37)12-8-7-11-21(2)17-22(3)29(33(50)46(28)20-24)42-35(52)56-36(4,5)38(39,40)41;;;/h8-10,12-14,21-25,28-29H,6-7,11,15-20H2,1-5H3,(H,42,52)(H,43,48)(H,45,51);3*1H/b12-8-;;;/t21-,22+,23+,24+,28-,29-,37+;;;/m0.../s1. The second-order valence-corrected chi connectivity index (χ2v) is 18.2. The Morgan fingerprint density at radius 1 is 1.07 bits per heavy atom. The van der Waals surface area contributed by atoms with E-state index in [9.17, 15) is 45.6 Å². The first kappa shape index (κ1) is 41.9. The molecule has 15 nitrogen and oxygen atoms in total. The van der Waals surface area contributed by atoms with Gasteiger partial charge in [-0.2, -0.15) is 13.2 Å². The molecule has 2 aliphatic heterocycles. The van der Waals surface area contributed by atoms with Gasteiger partial charge in [-0.3, -0.25) is 23.9 Å². The van der Waals surface area contributed by atoms with Crippen LogP contribution >= 0.6 is 0 Å². The monoisotopic (exact) mass is 828 g/mol. The van der Waals surface area contributed by atoms with Crippen molar-refractivity contribution in [3.8, 4) is 5.88 Å². The highest BCUT2D eigenvalue weighted by atomic mass is 32.2. The quantitative estimate of drug-likeness (QED) is 0.321. The summed E-state index contributed by atoms with van der Waals surface area (Å²) in [6.45, 7) is 6.62. The van der Waals surface area contributed by atoms with Crippen molar-refractivity contribution in [3.63, 3.8) is 0 Å². The lowest BCUT2D eigenvalue weighted by Crippen LogP contribution is -2.59. The molecule has 19 heteroatoms. The minimum absolute atomic E-state index is 0. The molecule has 318 valence electrons. The maximum atomic E-state index is 14.7. The van der Waals surface area contributed by atoms with Crippen LogP contribution in [0.1, 0.15) is 83.8 Å². The van der Waals surface area contributed by atoms with Crippen LogP contribution in [0.15, 0.2) is 41.2 Å². The highest BCUT2D eigenvalue weighted by Gasteiger charge is 2.62. The van der Waals surface area contributed by atoms with Crippen LogP contribution in [0.2, 0.25) is 0 Å². The predicted molar refractivity (Wildman–Crippen MR) is 206 cm³/mol. The van der Waals surface area contributed by atoms with Crippen LogP contribution in [0.4, 0.5) is 18.0 Å². The molecule has 4 amide bonds. The molecule has 4 aliphatic rings. The summed E-state index contributed by atoms with van der Waals surface area (Å²) >= 11 is 0. The van der Waals surface area contributed by atoms with E-state index < -0.39 is 86.4 Å². The van der Waals surface area contributed by atoms with Gasteiger partial charge in [0.05, 0.1) is 22.6 Å². The number of aryl methyl sites for hydroxylation is 1. The van der Waals surface area contributed by atoms with Gasteiger partial charge in [0, 0.05) is 23.2 Å². The first-order valence-corrected chi connectivity index (χ1v) is 20.8. The van der Waals surface area contributed by atoms with Gasteiger partial charge in [0.2, 0.25) is 33.3 Å². The Kier molecular flexibility index (Phi) is 11.5. The summed E-state index contributed by atoms with van der Waals surface area (Å²) in [5.74, 6) is -3.74. The van der Waals surface area contributed by atoms with Crippen LogP contribution < -0.4 is 25.7 Å². The molecular formula is C38H55F3N6O9S. The molecule has 7 atom stereocenters. The minimum Gasteiger partial charge on any atom is -0.471 e. The molecule has 1 aromatic heterocycles. The molecule has 57 heavy (non-hydrogen) atoms. The number of nitrogens with zero attached hydrogens (tertiary/aromatic N) is 3. The van der Waals surface area contributed by atoms with E-state index in [1.54, 1.807) is 44.2 Å². The number of alkyl halides is 3. The molecule has 6 rings (SSSR count). The summed E-state index contributed by atoms with van der Waals surface area (Å²) in [6.07, 6.45) is -1.53. The lowest BCUT2D eigenvalue weighted by Gasteiger charge is -2.34. The zero-order valence-corrected chi connectivity index (χ0v) is 33.2. The van der Waals surface area contributed by atoms with Gasteiger partial charge in [0.15, 0.2) is 0 Å². The average Bonchev–Trinajstić information content (AvgIpc) is 4.06. The van der Waals surface area contributed by atoms with Crippen LogP contribution in [0, 0.1) is 17.8 Å². The number of carbonyl (C=O) groups excluding carboxylic acids is 4. The van der Waals surface area contributed by atoms with Gasteiger partial charge in [-0.1, -0.05) is 38.1 Å². The van der Waals surface area contributed by atoms with Crippen LogP contribution in [-0.2, 0) is 35.7 Å². The Balaban J connectivity index is 0.00000320. The van der Waals surface area contributed by atoms with E-state index in [0.717, 1.165) is 4.90 Å². The Bertz CT molecular complexity index is 2140. The molecule has 2 aliphatic carbocycles. The van der Waals surface area contributed by atoms with Crippen molar-refractivity contribution in [2.75, 3.05) is 6.54 Å². The van der Waals surface area contributed by atoms with Crippen molar-refractivity contribution in [1.29, 1.82) is 0 Å². The second-order valence-electron chi connectivity index (χ2n) is 16.2. The van der Waals surface area contributed by atoms with Gasteiger partial charge in [-0.15, -0.1) is 5.10 Å². The summed E-state index contributed by atoms with van der Waals surface area (Å²) < 4.78 is 81.4. The Hall–Kier alpha value is -4.68. The molecule has 3 heterocycles. The third-order valence-electron chi connectivity index (χ3n) is 11.3. The van der Waals surface area contributed by atoms with E-state index in [2.05, 4.69) is 20.5 Å². The van der Waals surface area contributed by atoms with E-state index in [-0.39, 0.29) is 47.6 Å². The fourth-order valence-corrected chi connectivity index (χ4v) is 8.97.